The maximum absolute atomic E-state index is 12.5. The molecule has 2 aliphatic rings. The Morgan fingerprint density at radius 3 is 2.68 bits per heavy atom. The van der Waals surface area contributed by atoms with Crippen LogP contribution >= 0.6 is 11.8 Å². The topological polar surface area (TPSA) is 43.9 Å². The van der Waals surface area contributed by atoms with Crippen LogP contribution in [0.5, 0.6) is 0 Å². The second kappa shape index (κ2) is 6.71. The Morgan fingerprint density at radius 2 is 1.91 bits per heavy atom. The van der Waals surface area contributed by atoms with Gasteiger partial charge in [-0.2, -0.15) is 0 Å². The third kappa shape index (κ3) is 3.28. The Labute approximate surface area is 135 Å². The zero-order chi connectivity index (χ0) is 15.5. The van der Waals surface area contributed by atoms with Crippen molar-refractivity contribution in [3.05, 3.63) is 24.3 Å². The quantitative estimate of drug-likeness (QED) is 0.824. The summed E-state index contributed by atoms with van der Waals surface area (Å²) < 4.78 is 0. The molecule has 6 heteroatoms. The van der Waals surface area contributed by atoms with E-state index in [2.05, 4.69) is 11.9 Å². The number of fused-ring (bicyclic) bond motifs is 1. The monoisotopic (exact) mass is 319 g/mol. The number of rotatable bonds is 2. The Balaban J connectivity index is 1.75. The summed E-state index contributed by atoms with van der Waals surface area (Å²) in [4.78, 5) is 31.8. The van der Waals surface area contributed by atoms with Gasteiger partial charge in [-0.1, -0.05) is 12.1 Å². The van der Waals surface area contributed by atoms with Crippen molar-refractivity contribution in [2.24, 2.45) is 0 Å². The molecule has 0 unspecified atom stereocenters. The second-order valence-electron chi connectivity index (χ2n) is 5.73. The van der Waals surface area contributed by atoms with Gasteiger partial charge in [-0.05, 0) is 19.2 Å². The predicted molar refractivity (Wildman–Crippen MR) is 88.2 cm³/mol. The zero-order valence-corrected chi connectivity index (χ0v) is 13.6. The molecule has 0 aliphatic carbocycles. The van der Waals surface area contributed by atoms with Gasteiger partial charge in [0.05, 0.1) is 5.69 Å². The minimum atomic E-state index is 0.0416. The summed E-state index contributed by atoms with van der Waals surface area (Å²) in [5, 5.41) is 0. The highest BCUT2D eigenvalue weighted by molar-refractivity contribution is 7.99. The average molecular weight is 319 g/mol. The van der Waals surface area contributed by atoms with Crippen molar-refractivity contribution in [1.29, 1.82) is 0 Å². The first-order valence-corrected chi connectivity index (χ1v) is 8.62. The molecule has 3 rings (SSSR count). The van der Waals surface area contributed by atoms with Crippen LogP contribution < -0.4 is 4.90 Å². The van der Waals surface area contributed by atoms with Crippen molar-refractivity contribution in [3.8, 4) is 0 Å². The molecule has 0 saturated carbocycles. The van der Waals surface area contributed by atoms with Crippen LogP contribution in [0.15, 0.2) is 29.2 Å². The van der Waals surface area contributed by atoms with Gasteiger partial charge >= 0.3 is 0 Å². The van der Waals surface area contributed by atoms with E-state index in [0.29, 0.717) is 6.42 Å². The lowest BCUT2D eigenvalue weighted by atomic mass is 10.2. The average Bonchev–Trinajstić information content (AvgIpc) is 2.68. The van der Waals surface area contributed by atoms with Crippen molar-refractivity contribution in [1.82, 2.24) is 9.80 Å². The Morgan fingerprint density at radius 1 is 1.18 bits per heavy atom. The lowest BCUT2D eigenvalue weighted by molar-refractivity contribution is -0.132. The van der Waals surface area contributed by atoms with Crippen LogP contribution in [0.2, 0.25) is 0 Å². The van der Waals surface area contributed by atoms with E-state index in [1.54, 1.807) is 16.7 Å². The molecule has 0 spiro atoms. The Hall–Kier alpha value is -1.53. The molecule has 2 amide bonds. The number of carbonyl (C=O) groups excluding carboxylic acids is 2. The molecular weight excluding hydrogens is 298 g/mol. The molecule has 1 aromatic rings. The van der Waals surface area contributed by atoms with Gasteiger partial charge in [-0.3, -0.25) is 9.59 Å². The van der Waals surface area contributed by atoms with E-state index in [1.807, 2.05) is 29.2 Å². The van der Waals surface area contributed by atoms with Crippen LogP contribution in [0.1, 0.15) is 6.42 Å². The van der Waals surface area contributed by atoms with Gasteiger partial charge in [-0.25, -0.2) is 0 Å². The van der Waals surface area contributed by atoms with Gasteiger partial charge in [0, 0.05) is 43.2 Å². The molecule has 0 bridgehead atoms. The fourth-order valence-electron chi connectivity index (χ4n) is 2.78. The molecule has 118 valence electrons. The number of carbonyl (C=O) groups is 2. The van der Waals surface area contributed by atoms with Crippen LogP contribution in [0.3, 0.4) is 0 Å². The second-order valence-corrected chi connectivity index (χ2v) is 6.87. The minimum absolute atomic E-state index is 0.0416. The van der Waals surface area contributed by atoms with Crippen molar-refractivity contribution < 1.29 is 9.59 Å². The molecule has 22 heavy (non-hydrogen) atoms. The molecule has 0 aromatic heterocycles. The fourth-order valence-corrected chi connectivity index (χ4v) is 3.78. The summed E-state index contributed by atoms with van der Waals surface area (Å²) in [6.07, 6.45) is 0.482. The summed E-state index contributed by atoms with van der Waals surface area (Å²) in [5.74, 6) is 0.859. The summed E-state index contributed by atoms with van der Waals surface area (Å²) in [6.45, 7) is 3.43. The number of amides is 2. The van der Waals surface area contributed by atoms with Crippen LogP contribution in [-0.2, 0) is 9.59 Å². The first-order valence-electron chi connectivity index (χ1n) is 7.63. The first-order chi connectivity index (χ1) is 10.6. The van der Waals surface area contributed by atoms with E-state index in [-0.39, 0.29) is 18.4 Å². The van der Waals surface area contributed by atoms with Crippen LogP contribution in [0, 0.1) is 0 Å². The zero-order valence-electron chi connectivity index (χ0n) is 12.8. The van der Waals surface area contributed by atoms with Crippen LogP contribution in [0.25, 0.3) is 0 Å². The molecule has 0 atom stereocenters. The lowest BCUT2D eigenvalue weighted by Gasteiger charge is -2.34. The minimum Gasteiger partial charge on any atom is -0.339 e. The van der Waals surface area contributed by atoms with Gasteiger partial charge in [0.25, 0.3) is 0 Å². The summed E-state index contributed by atoms with van der Waals surface area (Å²) in [7, 11) is 2.06. The highest BCUT2D eigenvalue weighted by atomic mass is 32.2. The Kier molecular flexibility index (Phi) is 4.69. The highest BCUT2D eigenvalue weighted by Gasteiger charge is 2.27. The summed E-state index contributed by atoms with van der Waals surface area (Å²) >= 11 is 1.69. The lowest BCUT2D eigenvalue weighted by Crippen LogP contribution is -2.50. The highest BCUT2D eigenvalue weighted by Crippen LogP contribution is 2.33. The smallest absolute Gasteiger partial charge is 0.242 e. The number of benzene rings is 1. The molecule has 1 aromatic carbocycles. The molecular formula is C16H21N3O2S. The maximum atomic E-state index is 12.5. The van der Waals surface area contributed by atoms with Gasteiger partial charge < -0.3 is 14.7 Å². The van der Waals surface area contributed by atoms with E-state index < -0.39 is 0 Å². The molecule has 0 radical (unpaired) electrons. The number of para-hydroxylation sites is 1. The molecule has 2 aliphatic heterocycles. The van der Waals surface area contributed by atoms with E-state index >= 15 is 0 Å². The van der Waals surface area contributed by atoms with Crippen LogP contribution in [-0.4, -0.2) is 67.1 Å². The number of likely N-dealkylation sites (N-methyl/N-ethyl adjacent to an activating group) is 1. The van der Waals surface area contributed by atoms with E-state index in [0.717, 1.165) is 42.5 Å². The Bertz CT molecular complexity index is 570. The van der Waals surface area contributed by atoms with Gasteiger partial charge in [0.2, 0.25) is 11.8 Å². The standard InChI is InChI=1S/C16H21N3O2S/c1-17-7-9-18(10-8-17)16(21)12-19-13-4-2-3-5-14(13)22-11-6-15(19)20/h2-5H,6-12H2,1H3. The largest absolute Gasteiger partial charge is 0.339 e. The van der Waals surface area contributed by atoms with Crippen molar-refractivity contribution in [2.45, 2.75) is 11.3 Å². The molecule has 0 N–H and O–H groups in total. The SMILES string of the molecule is CN1CCN(C(=O)CN2C(=O)CCSc3ccccc32)CC1. The van der Waals surface area contributed by atoms with E-state index in [1.165, 1.54) is 0 Å². The van der Waals surface area contributed by atoms with E-state index in [4.69, 9.17) is 0 Å². The number of piperazine rings is 1. The predicted octanol–water partition coefficient (Wildman–Crippen LogP) is 1.29. The molecule has 1 saturated heterocycles. The number of hydrogen-bond donors (Lipinski definition) is 0. The van der Waals surface area contributed by atoms with Gasteiger partial charge in [0.15, 0.2) is 0 Å². The third-order valence-electron chi connectivity index (χ3n) is 4.18. The summed E-state index contributed by atoms with van der Waals surface area (Å²) in [6, 6.07) is 7.85. The van der Waals surface area contributed by atoms with Gasteiger partial charge in [0.1, 0.15) is 6.54 Å². The number of anilines is 1. The molecule has 5 nitrogen and oxygen atoms in total. The van der Waals surface area contributed by atoms with E-state index in [9.17, 15) is 9.59 Å². The maximum Gasteiger partial charge on any atom is 0.242 e. The molecule has 2 heterocycles. The normalized spacial score (nSPS) is 19.8. The van der Waals surface area contributed by atoms with Crippen molar-refractivity contribution in [2.75, 3.05) is 50.4 Å². The molecule has 1 fully saturated rings. The van der Waals surface area contributed by atoms with Crippen LogP contribution in [0.4, 0.5) is 5.69 Å². The fraction of sp³-hybridized carbons (Fsp3) is 0.500. The summed E-state index contributed by atoms with van der Waals surface area (Å²) in [5.41, 5.74) is 0.873. The van der Waals surface area contributed by atoms with Gasteiger partial charge in [-0.15, -0.1) is 11.8 Å². The van der Waals surface area contributed by atoms with Crippen molar-refractivity contribution >= 4 is 29.3 Å². The number of thioether (sulfide) groups is 1. The number of hydrogen-bond acceptors (Lipinski definition) is 4. The first kappa shape index (κ1) is 15.4. The third-order valence-corrected chi connectivity index (χ3v) is 5.24. The number of nitrogens with zero attached hydrogens (tertiary/aromatic N) is 3. The van der Waals surface area contributed by atoms with Crippen molar-refractivity contribution in [3.63, 3.8) is 0 Å².